The molecule has 4 nitrogen and oxygen atoms in total. The molecule has 0 radical (unpaired) electrons. The molecule has 3 N–H and O–H groups in total. The van der Waals surface area contributed by atoms with Crippen LogP contribution in [0, 0.1) is 0 Å². The summed E-state index contributed by atoms with van der Waals surface area (Å²) in [6.45, 7) is 9.38. The molecule has 0 bridgehead atoms. The normalized spacial score (nSPS) is 15.8. The Morgan fingerprint density at radius 1 is 1.62 bits per heavy atom. The molecule has 0 aromatic rings. The van der Waals surface area contributed by atoms with E-state index >= 15 is 0 Å². The smallest absolute Gasteiger partial charge is 0.188 e. The van der Waals surface area contributed by atoms with Gasteiger partial charge in [-0.05, 0) is 19.4 Å². The Morgan fingerprint density at radius 2 is 2.31 bits per heavy atom. The molecule has 5 heteroatoms. The van der Waals surface area contributed by atoms with Gasteiger partial charge in [-0.15, -0.1) is 30.6 Å². The minimum atomic E-state index is 0. The largest absolute Gasteiger partial charge is 0.370 e. The highest BCUT2D eigenvalue weighted by atomic mass is 127. The van der Waals surface area contributed by atoms with Crippen molar-refractivity contribution in [2.24, 2.45) is 10.7 Å². The highest BCUT2D eigenvalue weighted by Gasteiger charge is 2.26. The van der Waals surface area contributed by atoms with E-state index in [0.717, 1.165) is 25.7 Å². The number of nitrogens with zero attached hydrogens (tertiary/aromatic N) is 2. The van der Waals surface area contributed by atoms with Crippen LogP contribution in [0.2, 0.25) is 0 Å². The highest BCUT2D eigenvalue weighted by Crippen LogP contribution is 2.25. The summed E-state index contributed by atoms with van der Waals surface area (Å²) in [6, 6.07) is 0.813. The summed E-state index contributed by atoms with van der Waals surface area (Å²) in [6.07, 6.45) is 4.47. The maximum absolute atomic E-state index is 5.65. The molecule has 0 saturated heterocycles. The number of guanidine groups is 1. The lowest BCUT2D eigenvalue weighted by Crippen LogP contribution is -2.33. The lowest BCUT2D eigenvalue weighted by molar-refractivity contribution is 0.286. The minimum Gasteiger partial charge on any atom is -0.370 e. The van der Waals surface area contributed by atoms with Crippen molar-refractivity contribution in [3.63, 3.8) is 0 Å². The second-order valence-electron chi connectivity index (χ2n) is 3.80. The van der Waals surface area contributed by atoms with Gasteiger partial charge in [0.15, 0.2) is 5.96 Å². The van der Waals surface area contributed by atoms with Crippen LogP contribution in [0.15, 0.2) is 17.6 Å². The van der Waals surface area contributed by atoms with Crippen molar-refractivity contribution in [1.29, 1.82) is 0 Å². The Kier molecular flexibility index (Phi) is 8.64. The Balaban J connectivity index is 0.00000225. The first-order valence-electron chi connectivity index (χ1n) is 5.66. The molecule has 0 aromatic carbocycles. The molecular formula is C11H23IN4. The maximum Gasteiger partial charge on any atom is 0.188 e. The third-order valence-electron chi connectivity index (χ3n) is 2.57. The Hall–Kier alpha value is -0.300. The molecule has 1 rings (SSSR count). The first-order valence-corrected chi connectivity index (χ1v) is 5.66. The number of aliphatic imine (C=N–C) groups is 1. The van der Waals surface area contributed by atoms with Crippen molar-refractivity contribution in [2.45, 2.75) is 25.8 Å². The predicted octanol–water partition coefficient (Wildman–Crippen LogP) is 1.18. The van der Waals surface area contributed by atoms with E-state index in [4.69, 9.17) is 5.73 Å². The Bertz CT molecular complexity index is 226. The van der Waals surface area contributed by atoms with Crippen LogP contribution in [0.4, 0.5) is 0 Å². The molecule has 0 atom stereocenters. The topological polar surface area (TPSA) is 53.6 Å². The molecule has 16 heavy (non-hydrogen) atoms. The number of hydrogen-bond acceptors (Lipinski definition) is 2. The van der Waals surface area contributed by atoms with E-state index in [1.165, 1.54) is 12.8 Å². The van der Waals surface area contributed by atoms with Crippen LogP contribution in [0.25, 0.3) is 0 Å². The zero-order chi connectivity index (χ0) is 11.1. The van der Waals surface area contributed by atoms with Gasteiger partial charge in [0.2, 0.25) is 0 Å². The van der Waals surface area contributed by atoms with Crippen LogP contribution in [0.3, 0.4) is 0 Å². The molecule has 0 amide bonds. The summed E-state index contributed by atoms with van der Waals surface area (Å²) in [7, 11) is 0. The van der Waals surface area contributed by atoms with Crippen molar-refractivity contribution >= 4 is 29.9 Å². The molecule has 1 fully saturated rings. The van der Waals surface area contributed by atoms with Gasteiger partial charge >= 0.3 is 0 Å². The fourth-order valence-corrected chi connectivity index (χ4v) is 1.57. The second-order valence-corrected chi connectivity index (χ2v) is 3.80. The molecule has 0 unspecified atom stereocenters. The van der Waals surface area contributed by atoms with Crippen LogP contribution in [-0.4, -0.2) is 43.1 Å². The lowest BCUT2D eigenvalue weighted by atomic mass is 10.4. The van der Waals surface area contributed by atoms with Crippen LogP contribution < -0.4 is 11.1 Å². The zero-order valence-corrected chi connectivity index (χ0v) is 12.3. The molecule has 1 aliphatic carbocycles. The molecule has 1 aliphatic rings. The fraction of sp³-hybridized carbons (Fsp3) is 0.727. The van der Waals surface area contributed by atoms with Crippen LogP contribution in [-0.2, 0) is 0 Å². The van der Waals surface area contributed by atoms with Crippen molar-refractivity contribution < 1.29 is 0 Å². The number of nitrogens with two attached hydrogens (primary N) is 1. The fourth-order valence-electron chi connectivity index (χ4n) is 1.57. The van der Waals surface area contributed by atoms with Gasteiger partial charge < -0.3 is 11.1 Å². The van der Waals surface area contributed by atoms with Gasteiger partial charge in [0, 0.05) is 19.1 Å². The van der Waals surface area contributed by atoms with E-state index in [0.29, 0.717) is 12.5 Å². The molecule has 1 saturated carbocycles. The average Bonchev–Trinajstić information content (AvgIpc) is 3.05. The van der Waals surface area contributed by atoms with Crippen LogP contribution in [0.5, 0.6) is 0 Å². The predicted molar refractivity (Wildman–Crippen MR) is 80.4 cm³/mol. The van der Waals surface area contributed by atoms with E-state index in [-0.39, 0.29) is 24.0 Å². The zero-order valence-electron chi connectivity index (χ0n) is 9.98. The van der Waals surface area contributed by atoms with E-state index in [9.17, 15) is 0 Å². The molecular weight excluding hydrogens is 315 g/mol. The van der Waals surface area contributed by atoms with E-state index < -0.39 is 0 Å². The average molecular weight is 338 g/mol. The SMILES string of the molecule is C=CCNC(N)=NCCN(CC)C1CC1.I. The lowest BCUT2D eigenvalue weighted by Gasteiger charge is -2.18. The number of hydrogen-bond donors (Lipinski definition) is 2. The van der Waals surface area contributed by atoms with E-state index in [2.05, 4.69) is 28.7 Å². The van der Waals surface area contributed by atoms with Crippen molar-refractivity contribution in [3.8, 4) is 0 Å². The molecule has 0 heterocycles. The highest BCUT2D eigenvalue weighted by molar-refractivity contribution is 14.0. The molecule has 0 spiro atoms. The summed E-state index contributed by atoms with van der Waals surface area (Å²) in [5.41, 5.74) is 5.65. The summed E-state index contributed by atoms with van der Waals surface area (Å²) < 4.78 is 0. The van der Waals surface area contributed by atoms with Crippen LogP contribution in [0.1, 0.15) is 19.8 Å². The third kappa shape index (κ3) is 6.32. The summed E-state index contributed by atoms with van der Waals surface area (Å²) in [5, 5.41) is 2.96. The van der Waals surface area contributed by atoms with Gasteiger partial charge in [0.25, 0.3) is 0 Å². The van der Waals surface area contributed by atoms with Crippen LogP contribution >= 0.6 is 24.0 Å². The molecule has 0 aromatic heterocycles. The van der Waals surface area contributed by atoms with Gasteiger partial charge in [-0.1, -0.05) is 13.0 Å². The monoisotopic (exact) mass is 338 g/mol. The van der Waals surface area contributed by atoms with Gasteiger partial charge in [0.1, 0.15) is 0 Å². The Labute approximate surface area is 115 Å². The minimum absolute atomic E-state index is 0. The van der Waals surface area contributed by atoms with E-state index in [1.54, 1.807) is 6.08 Å². The van der Waals surface area contributed by atoms with Gasteiger partial charge in [-0.2, -0.15) is 0 Å². The summed E-state index contributed by atoms with van der Waals surface area (Å²) >= 11 is 0. The number of rotatable bonds is 7. The second kappa shape index (κ2) is 8.81. The molecule has 94 valence electrons. The Morgan fingerprint density at radius 3 is 2.81 bits per heavy atom. The quantitative estimate of drug-likeness (QED) is 0.317. The summed E-state index contributed by atoms with van der Waals surface area (Å²) in [4.78, 5) is 6.72. The first kappa shape index (κ1) is 15.7. The maximum atomic E-state index is 5.65. The third-order valence-corrected chi connectivity index (χ3v) is 2.57. The number of halogens is 1. The van der Waals surface area contributed by atoms with Crippen molar-refractivity contribution in [1.82, 2.24) is 10.2 Å². The van der Waals surface area contributed by atoms with E-state index in [1.807, 2.05) is 0 Å². The van der Waals surface area contributed by atoms with Gasteiger partial charge in [-0.25, -0.2) is 0 Å². The standard InChI is InChI=1S/C11H22N4.HI/c1-3-7-13-11(12)14-8-9-15(4-2)10-5-6-10;/h3,10H,1,4-9H2,2H3,(H3,12,13,14);1H. The number of nitrogens with one attached hydrogen (secondary N) is 1. The first-order chi connectivity index (χ1) is 7.27. The summed E-state index contributed by atoms with van der Waals surface area (Å²) in [5.74, 6) is 0.516. The molecule has 0 aliphatic heterocycles. The van der Waals surface area contributed by atoms with Crippen molar-refractivity contribution in [2.75, 3.05) is 26.2 Å². The van der Waals surface area contributed by atoms with Gasteiger partial charge in [-0.3, -0.25) is 9.89 Å². The van der Waals surface area contributed by atoms with Gasteiger partial charge in [0.05, 0.1) is 6.54 Å². The number of likely N-dealkylation sites (N-methyl/N-ethyl adjacent to an activating group) is 1. The van der Waals surface area contributed by atoms with Crippen molar-refractivity contribution in [3.05, 3.63) is 12.7 Å².